The minimum absolute atomic E-state index is 0.0324. The van der Waals surface area contributed by atoms with E-state index in [9.17, 15) is 4.39 Å². The van der Waals surface area contributed by atoms with Gasteiger partial charge in [-0.15, -0.1) is 0 Å². The summed E-state index contributed by atoms with van der Waals surface area (Å²) in [5.74, 6) is 1.35. The van der Waals surface area contributed by atoms with Crippen LogP contribution in [0.5, 0.6) is 11.5 Å². The molecule has 1 aromatic heterocycles. The molecule has 1 aliphatic heterocycles. The van der Waals surface area contributed by atoms with Gasteiger partial charge < -0.3 is 24.4 Å². The molecule has 7 nitrogen and oxygen atoms in total. The van der Waals surface area contributed by atoms with E-state index >= 15 is 0 Å². The molecule has 170 valence electrons. The molecular formula is C23H26ClFN4O3. The Kier molecular flexibility index (Phi) is 7.24. The maximum absolute atomic E-state index is 13.6. The first-order valence-corrected chi connectivity index (χ1v) is 10.9. The van der Waals surface area contributed by atoms with Crippen LogP contribution in [0, 0.1) is 5.82 Å². The van der Waals surface area contributed by atoms with Gasteiger partial charge in [0.15, 0.2) is 0 Å². The van der Waals surface area contributed by atoms with E-state index < -0.39 is 5.82 Å². The van der Waals surface area contributed by atoms with Gasteiger partial charge in [-0.1, -0.05) is 11.6 Å². The number of halogens is 2. The number of fused-ring (bicyclic) bond motifs is 1. The number of methoxy groups -OCH3 is 1. The largest absolute Gasteiger partial charge is 0.491 e. The van der Waals surface area contributed by atoms with Crippen molar-refractivity contribution in [3.63, 3.8) is 0 Å². The van der Waals surface area contributed by atoms with E-state index in [1.807, 2.05) is 12.1 Å². The molecule has 1 fully saturated rings. The maximum atomic E-state index is 13.6. The fraction of sp³-hybridized carbons (Fsp3) is 0.391. The van der Waals surface area contributed by atoms with Crippen LogP contribution in [0.2, 0.25) is 5.02 Å². The average molecular weight is 461 g/mol. The standard InChI is InChI=1S/C23H26ClFN4O3/c1-29-7-5-16(6-8-29)32-21-13-17(31-10-9-30-2)12-20-22(21)23(27-14-26-20)28-15-3-4-19(25)18(24)11-15/h3-4,11-14,16H,5-10H2,1-2H3,(H,26,27,28). The van der Waals surface area contributed by atoms with E-state index in [-0.39, 0.29) is 11.1 Å². The molecule has 9 heteroatoms. The highest BCUT2D eigenvalue weighted by atomic mass is 35.5. The minimum atomic E-state index is -0.478. The Bertz CT molecular complexity index is 1080. The van der Waals surface area contributed by atoms with E-state index in [1.165, 1.54) is 18.5 Å². The topological polar surface area (TPSA) is 68.7 Å². The number of nitrogens with one attached hydrogen (secondary N) is 1. The van der Waals surface area contributed by atoms with Crippen LogP contribution in [-0.4, -0.2) is 61.4 Å². The molecule has 1 N–H and O–H groups in total. The number of nitrogens with zero attached hydrogens (tertiary/aromatic N) is 3. The van der Waals surface area contributed by atoms with Crippen LogP contribution in [0.1, 0.15) is 12.8 Å². The lowest BCUT2D eigenvalue weighted by Gasteiger charge is -2.30. The van der Waals surface area contributed by atoms with Crippen LogP contribution in [0.3, 0.4) is 0 Å². The first-order valence-electron chi connectivity index (χ1n) is 10.5. The second kappa shape index (κ2) is 10.3. The molecular weight excluding hydrogens is 435 g/mol. The molecule has 0 bridgehead atoms. The van der Waals surface area contributed by atoms with Crippen molar-refractivity contribution in [1.29, 1.82) is 0 Å². The third-order valence-corrected chi connectivity index (χ3v) is 5.66. The highest BCUT2D eigenvalue weighted by Crippen LogP contribution is 2.37. The van der Waals surface area contributed by atoms with Gasteiger partial charge in [-0.25, -0.2) is 14.4 Å². The molecule has 1 aliphatic rings. The molecule has 2 aromatic carbocycles. The van der Waals surface area contributed by atoms with E-state index in [4.69, 9.17) is 25.8 Å². The van der Waals surface area contributed by atoms with Gasteiger partial charge in [0.05, 0.1) is 22.5 Å². The molecule has 0 unspecified atom stereocenters. The Morgan fingerprint density at radius 3 is 2.72 bits per heavy atom. The van der Waals surface area contributed by atoms with Gasteiger partial charge in [0.25, 0.3) is 0 Å². The van der Waals surface area contributed by atoms with Crippen LogP contribution >= 0.6 is 11.6 Å². The lowest BCUT2D eigenvalue weighted by atomic mass is 10.1. The second-order valence-corrected chi connectivity index (χ2v) is 8.16. The molecule has 1 saturated heterocycles. The third-order valence-electron chi connectivity index (χ3n) is 5.37. The highest BCUT2D eigenvalue weighted by molar-refractivity contribution is 6.31. The Morgan fingerprint density at radius 1 is 1.16 bits per heavy atom. The monoisotopic (exact) mass is 460 g/mol. The zero-order chi connectivity index (χ0) is 22.5. The summed E-state index contributed by atoms with van der Waals surface area (Å²) in [6.07, 6.45) is 3.40. The fourth-order valence-electron chi connectivity index (χ4n) is 3.64. The summed E-state index contributed by atoms with van der Waals surface area (Å²) in [6.45, 7) is 2.84. The maximum Gasteiger partial charge on any atom is 0.145 e. The number of piperidine rings is 1. The number of rotatable bonds is 8. The van der Waals surface area contributed by atoms with Crippen molar-refractivity contribution in [2.45, 2.75) is 18.9 Å². The summed E-state index contributed by atoms with van der Waals surface area (Å²) >= 11 is 5.95. The zero-order valence-electron chi connectivity index (χ0n) is 18.1. The Morgan fingerprint density at radius 2 is 1.97 bits per heavy atom. The number of hydrogen-bond donors (Lipinski definition) is 1. The minimum Gasteiger partial charge on any atom is -0.491 e. The van der Waals surface area contributed by atoms with Gasteiger partial charge in [0.1, 0.15) is 42.2 Å². The van der Waals surface area contributed by atoms with E-state index in [0.717, 1.165) is 31.3 Å². The van der Waals surface area contributed by atoms with Crippen molar-refractivity contribution >= 4 is 34.0 Å². The second-order valence-electron chi connectivity index (χ2n) is 7.75. The summed E-state index contributed by atoms with van der Waals surface area (Å²) in [6, 6.07) is 8.14. The van der Waals surface area contributed by atoms with Gasteiger partial charge in [0.2, 0.25) is 0 Å². The van der Waals surface area contributed by atoms with Crippen LogP contribution in [0.15, 0.2) is 36.7 Å². The Balaban J connectivity index is 1.70. The predicted molar refractivity (Wildman–Crippen MR) is 123 cm³/mol. The smallest absolute Gasteiger partial charge is 0.145 e. The Hall–Kier alpha value is -2.68. The molecule has 0 radical (unpaired) electrons. The van der Waals surface area contributed by atoms with Crippen molar-refractivity contribution in [3.8, 4) is 11.5 Å². The van der Waals surface area contributed by atoms with Crippen molar-refractivity contribution in [2.24, 2.45) is 0 Å². The highest BCUT2D eigenvalue weighted by Gasteiger charge is 2.21. The molecule has 4 rings (SSSR count). The lowest BCUT2D eigenvalue weighted by Crippen LogP contribution is -2.35. The Labute approximate surface area is 191 Å². The van der Waals surface area contributed by atoms with Gasteiger partial charge in [-0.2, -0.15) is 0 Å². The summed E-state index contributed by atoms with van der Waals surface area (Å²) < 4.78 is 30.9. The molecule has 0 saturated carbocycles. The third kappa shape index (κ3) is 5.38. The normalized spacial score (nSPS) is 15.1. The number of anilines is 2. The van der Waals surface area contributed by atoms with Gasteiger partial charge in [-0.05, 0) is 38.1 Å². The van der Waals surface area contributed by atoms with E-state index in [0.29, 0.717) is 41.7 Å². The molecule has 32 heavy (non-hydrogen) atoms. The molecule has 0 spiro atoms. The summed E-state index contributed by atoms with van der Waals surface area (Å²) in [4.78, 5) is 11.1. The summed E-state index contributed by atoms with van der Waals surface area (Å²) in [7, 11) is 3.74. The quantitative estimate of drug-likeness (QED) is 0.490. The molecule has 0 aliphatic carbocycles. The van der Waals surface area contributed by atoms with Crippen molar-refractivity contribution in [3.05, 3.63) is 47.5 Å². The number of benzene rings is 2. The first-order chi connectivity index (χ1) is 15.5. The molecule has 3 aromatic rings. The fourth-order valence-corrected chi connectivity index (χ4v) is 3.82. The van der Waals surface area contributed by atoms with Crippen molar-refractivity contribution in [1.82, 2.24) is 14.9 Å². The van der Waals surface area contributed by atoms with Gasteiger partial charge in [-0.3, -0.25) is 0 Å². The zero-order valence-corrected chi connectivity index (χ0v) is 18.9. The summed E-state index contributed by atoms with van der Waals surface area (Å²) in [5, 5.41) is 3.98. The molecule has 2 heterocycles. The van der Waals surface area contributed by atoms with Crippen LogP contribution < -0.4 is 14.8 Å². The van der Waals surface area contributed by atoms with Crippen LogP contribution in [0.25, 0.3) is 10.9 Å². The average Bonchev–Trinajstić information content (AvgIpc) is 2.78. The van der Waals surface area contributed by atoms with Crippen molar-refractivity contribution in [2.75, 3.05) is 45.8 Å². The van der Waals surface area contributed by atoms with Crippen molar-refractivity contribution < 1.29 is 18.6 Å². The number of ether oxygens (including phenoxy) is 3. The number of likely N-dealkylation sites (tertiary alicyclic amines) is 1. The molecule has 0 atom stereocenters. The van der Waals surface area contributed by atoms with Gasteiger partial charge in [0, 0.05) is 38.0 Å². The number of hydrogen-bond acceptors (Lipinski definition) is 7. The van der Waals surface area contributed by atoms with Crippen LogP contribution in [0.4, 0.5) is 15.9 Å². The van der Waals surface area contributed by atoms with Gasteiger partial charge >= 0.3 is 0 Å². The lowest BCUT2D eigenvalue weighted by molar-refractivity contribution is 0.115. The molecule has 0 amide bonds. The van der Waals surface area contributed by atoms with Crippen LogP contribution in [-0.2, 0) is 4.74 Å². The van der Waals surface area contributed by atoms with E-state index in [1.54, 1.807) is 13.2 Å². The van der Waals surface area contributed by atoms with E-state index in [2.05, 4.69) is 27.2 Å². The predicted octanol–water partition coefficient (Wildman–Crippen LogP) is 4.66. The summed E-state index contributed by atoms with van der Waals surface area (Å²) in [5.41, 5.74) is 1.29. The number of aromatic nitrogens is 2. The first kappa shape index (κ1) is 22.5. The SMILES string of the molecule is COCCOc1cc(OC2CCN(C)CC2)c2c(Nc3ccc(F)c(Cl)c3)ncnc2c1.